The minimum absolute atomic E-state index is 0.0722. The van der Waals surface area contributed by atoms with Gasteiger partial charge in [0.15, 0.2) is 11.6 Å². The maximum Gasteiger partial charge on any atom is 0.321 e. The summed E-state index contributed by atoms with van der Waals surface area (Å²) in [7, 11) is 0. The van der Waals surface area contributed by atoms with E-state index in [1.54, 1.807) is 0 Å². The van der Waals surface area contributed by atoms with Crippen molar-refractivity contribution in [3.63, 3.8) is 0 Å². The normalized spacial score (nSPS) is 20.2. The van der Waals surface area contributed by atoms with Gasteiger partial charge in [0.1, 0.15) is 12.9 Å². The van der Waals surface area contributed by atoms with E-state index in [1.165, 1.54) is 12.5 Å². The Kier molecular flexibility index (Phi) is 7.41. The Bertz CT molecular complexity index is 1040. The number of nitrogens with two attached hydrogens (primary N) is 1. The number of alkyl halides is 2. The average molecular weight is 493 g/mol. The van der Waals surface area contributed by atoms with Crippen LogP contribution in [0.4, 0.5) is 20.5 Å². The van der Waals surface area contributed by atoms with E-state index in [0.717, 1.165) is 19.3 Å². The summed E-state index contributed by atoms with van der Waals surface area (Å²) < 4.78 is 37.7. The Morgan fingerprint density at radius 2 is 2.00 bits per heavy atom. The van der Waals surface area contributed by atoms with Crippen LogP contribution in [-0.2, 0) is 0 Å². The number of carbonyl (C=O) groups is 1. The first-order chi connectivity index (χ1) is 16.7. The Morgan fingerprint density at radius 3 is 2.66 bits per heavy atom. The first-order valence-corrected chi connectivity index (χ1v) is 11.8. The number of nitrogens with one attached hydrogen (secondary N) is 1. The smallest absolute Gasteiger partial charge is 0.321 e. The van der Waals surface area contributed by atoms with Gasteiger partial charge in [-0.3, -0.25) is 4.79 Å². The first-order valence-electron chi connectivity index (χ1n) is 11.8. The number of ether oxygens (including phenoxy) is 2. The van der Waals surface area contributed by atoms with Crippen molar-refractivity contribution in [3.05, 3.63) is 18.3 Å². The monoisotopic (exact) mass is 492 g/mol. The van der Waals surface area contributed by atoms with Crippen LogP contribution in [0.2, 0.25) is 0 Å². The number of nitrogen functional groups attached to an aromatic ring is 1. The number of rotatable bonds is 10. The lowest BCUT2D eigenvalue weighted by molar-refractivity contribution is 0.0834. The van der Waals surface area contributed by atoms with Gasteiger partial charge in [-0.2, -0.15) is 15.0 Å². The van der Waals surface area contributed by atoms with Crippen molar-refractivity contribution in [2.45, 2.75) is 51.5 Å². The SMILES string of the molecule is CC[C@@H](C)NC(=O)c1nc(OCC2CC2(F)F)nc(N2CCC(COc3cncnc3N)CC2)n1. The molecule has 0 bridgehead atoms. The fraction of sp³-hybridized carbons (Fsp3) is 0.636. The largest absolute Gasteiger partial charge is 0.488 e. The quantitative estimate of drug-likeness (QED) is 0.506. The summed E-state index contributed by atoms with van der Waals surface area (Å²) in [6, 6.07) is -0.200. The number of amides is 1. The van der Waals surface area contributed by atoms with Crippen LogP contribution in [-0.4, -0.2) is 69.1 Å². The molecule has 13 heteroatoms. The van der Waals surface area contributed by atoms with Gasteiger partial charge in [0.2, 0.25) is 11.8 Å². The van der Waals surface area contributed by atoms with Crippen LogP contribution in [0.5, 0.6) is 11.8 Å². The topological polar surface area (TPSA) is 141 Å². The summed E-state index contributed by atoms with van der Waals surface area (Å²) in [5.41, 5.74) is 5.79. The van der Waals surface area contributed by atoms with Gasteiger partial charge in [-0.1, -0.05) is 6.92 Å². The Balaban J connectivity index is 1.40. The number of nitrogens with zero attached hydrogens (tertiary/aromatic N) is 6. The molecule has 0 spiro atoms. The Morgan fingerprint density at radius 1 is 1.26 bits per heavy atom. The first kappa shape index (κ1) is 24.7. The third-order valence-electron chi connectivity index (χ3n) is 6.25. The molecule has 2 aliphatic rings. The van der Waals surface area contributed by atoms with E-state index in [9.17, 15) is 13.6 Å². The molecule has 1 amide bonds. The van der Waals surface area contributed by atoms with Gasteiger partial charge >= 0.3 is 6.01 Å². The van der Waals surface area contributed by atoms with Crippen LogP contribution in [0.3, 0.4) is 0 Å². The highest BCUT2D eigenvalue weighted by Gasteiger charge is 2.57. The van der Waals surface area contributed by atoms with E-state index >= 15 is 0 Å². The molecule has 2 aromatic heterocycles. The summed E-state index contributed by atoms with van der Waals surface area (Å²) in [5.74, 6) is -2.84. The van der Waals surface area contributed by atoms with Crippen molar-refractivity contribution in [2.24, 2.45) is 11.8 Å². The van der Waals surface area contributed by atoms with Crippen molar-refractivity contribution in [1.29, 1.82) is 0 Å². The number of piperidine rings is 1. The molecule has 1 unspecified atom stereocenters. The fourth-order valence-corrected chi connectivity index (χ4v) is 3.61. The summed E-state index contributed by atoms with van der Waals surface area (Å²) in [6.07, 6.45) is 4.99. The summed E-state index contributed by atoms with van der Waals surface area (Å²) in [5, 5.41) is 2.81. The van der Waals surface area contributed by atoms with E-state index in [0.29, 0.717) is 31.3 Å². The van der Waals surface area contributed by atoms with Crippen LogP contribution < -0.4 is 25.4 Å². The van der Waals surface area contributed by atoms with Gasteiger partial charge < -0.3 is 25.4 Å². The predicted molar refractivity (Wildman–Crippen MR) is 122 cm³/mol. The standard InChI is InChI=1S/C22H30F2N8O3/c1-3-13(2)28-19(33)18-29-20(31-21(30-18)35-11-15-8-22(15,23)24)32-6-4-14(5-7-32)10-34-16-9-26-12-27-17(16)25/h9,12-15H,3-8,10-11H2,1-2H3,(H,28,33)(H2,25,26,27)/t13-,15?/m1/s1. The molecule has 1 aliphatic carbocycles. The van der Waals surface area contributed by atoms with E-state index in [4.69, 9.17) is 15.2 Å². The average Bonchev–Trinajstić information content (AvgIpc) is 3.48. The van der Waals surface area contributed by atoms with Crippen LogP contribution in [0.15, 0.2) is 12.5 Å². The third kappa shape index (κ3) is 6.40. The molecule has 190 valence electrons. The number of hydrogen-bond acceptors (Lipinski definition) is 10. The minimum Gasteiger partial charge on any atom is -0.488 e. The van der Waals surface area contributed by atoms with Crippen molar-refractivity contribution in [3.8, 4) is 11.8 Å². The number of hydrogen-bond donors (Lipinski definition) is 2. The molecule has 3 N–H and O–H groups in total. The zero-order chi connectivity index (χ0) is 25.0. The van der Waals surface area contributed by atoms with Crippen molar-refractivity contribution >= 4 is 17.7 Å². The van der Waals surface area contributed by atoms with Crippen LogP contribution >= 0.6 is 0 Å². The van der Waals surface area contributed by atoms with Gasteiger partial charge in [0.05, 0.1) is 18.7 Å². The van der Waals surface area contributed by atoms with Gasteiger partial charge in [-0.25, -0.2) is 18.7 Å². The van der Waals surface area contributed by atoms with Gasteiger partial charge in [0.25, 0.3) is 11.8 Å². The lowest BCUT2D eigenvalue weighted by atomic mass is 9.98. The molecule has 3 heterocycles. The highest BCUT2D eigenvalue weighted by Crippen LogP contribution is 2.48. The second kappa shape index (κ2) is 10.5. The zero-order valence-corrected chi connectivity index (χ0v) is 19.8. The van der Waals surface area contributed by atoms with Crippen LogP contribution in [0.1, 0.15) is 50.1 Å². The van der Waals surface area contributed by atoms with Gasteiger partial charge in [-0.15, -0.1) is 0 Å². The highest BCUT2D eigenvalue weighted by molar-refractivity contribution is 5.90. The second-order valence-corrected chi connectivity index (χ2v) is 9.01. The maximum atomic E-state index is 13.3. The minimum atomic E-state index is -2.72. The molecule has 1 aliphatic heterocycles. The maximum absolute atomic E-state index is 13.3. The molecule has 0 aromatic carbocycles. The lowest BCUT2D eigenvalue weighted by Gasteiger charge is -2.32. The fourth-order valence-electron chi connectivity index (χ4n) is 3.61. The summed E-state index contributed by atoms with van der Waals surface area (Å²) in [6.45, 7) is 5.30. The molecular formula is C22H30F2N8O3. The molecule has 35 heavy (non-hydrogen) atoms. The number of carbonyl (C=O) groups excluding carboxylic acids is 1. The summed E-state index contributed by atoms with van der Waals surface area (Å²) in [4.78, 5) is 35.1. The van der Waals surface area contributed by atoms with E-state index in [1.807, 2.05) is 18.7 Å². The Labute approximate surface area is 201 Å². The Hall–Kier alpha value is -3.38. The molecule has 1 saturated heterocycles. The zero-order valence-electron chi connectivity index (χ0n) is 19.8. The van der Waals surface area contributed by atoms with Crippen molar-refractivity contribution in [1.82, 2.24) is 30.2 Å². The van der Waals surface area contributed by atoms with E-state index in [2.05, 4.69) is 30.2 Å². The number of halogens is 2. The molecule has 11 nitrogen and oxygen atoms in total. The molecular weight excluding hydrogens is 462 g/mol. The summed E-state index contributed by atoms with van der Waals surface area (Å²) >= 11 is 0. The number of anilines is 2. The van der Waals surface area contributed by atoms with Crippen LogP contribution in [0.25, 0.3) is 0 Å². The molecule has 4 rings (SSSR count). The molecule has 2 atom stereocenters. The van der Waals surface area contributed by atoms with Gasteiger partial charge in [0, 0.05) is 25.6 Å². The number of aromatic nitrogens is 5. The highest BCUT2D eigenvalue weighted by atomic mass is 19.3. The molecule has 1 saturated carbocycles. The van der Waals surface area contributed by atoms with E-state index < -0.39 is 17.7 Å². The molecule has 2 aromatic rings. The molecule has 2 fully saturated rings. The third-order valence-corrected chi connectivity index (χ3v) is 6.25. The van der Waals surface area contributed by atoms with Crippen LogP contribution in [0, 0.1) is 11.8 Å². The lowest BCUT2D eigenvalue weighted by Crippen LogP contribution is -2.38. The van der Waals surface area contributed by atoms with Crippen molar-refractivity contribution in [2.75, 3.05) is 36.9 Å². The van der Waals surface area contributed by atoms with E-state index in [-0.39, 0.29) is 42.8 Å². The van der Waals surface area contributed by atoms with Gasteiger partial charge in [-0.05, 0) is 32.1 Å². The second-order valence-electron chi connectivity index (χ2n) is 9.01. The molecule has 0 radical (unpaired) electrons. The van der Waals surface area contributed by atoms with Crippen molar-refractivity contribution < 1.29 is 23.0 Å². The predicted octanol–water partition coefficient (Wildman–Crippen LogP) is 2.10.